The van der Waals surface area contributed by atoms with Gasteiger partial charge >= 0.3 is 12.0 Å². The van der Waals surface area contributed by atoms with E-state index in [1.807, 2.05) is 18.4 Å². The molecule has 3 rings (SSSR count). The summed E-state index contributed by atoms with van der Waals surface area (Å²) in [6.45, 7) is 1.51. The molecular weight excluding hydrogens is 370 g/mol. The van der Waals surface area contributed by atoms with Gasteiger partial charge in [-0.1, -0.05) is 12.8 Å². The van der Waals surface area contributed by atoms with Gasteiger partial charge in [-0.25, -0.2) is 4.79 Å². The van der Waals surface area contributed by atoms with Crippen molar-refractivity contribution in [3.63, 3.8) is 0 Å². The monoisotopic (exact) mass is 393 g/mol. The lowest BCUT2D eigenvalue weighted by atomic mass is 9.98. The van der Waals surface area contributed by atoms with E-state index in [-0.39, 0.29) is 11.8 Å². The maximum absolute atomic E-state index is 12.5. The molecule has 9 heteroatoms. The summed E-state index contributed by atoms with van der Waals surface area (Å²) < 4.78 is 4.98. The van der Waals surface area contributed by atoms with Gasteiger partial charge in [-0.2, -0.15) is 0 Å². The zero-order valence-corrected chi connectivity index (χ0v) is 16.3. The van der Waals surface area contributed by atoms with E-state index in [1.54, 1.807) is 18.4 Å². The van der Waals surface area contributed by atoms with Crippen molar-refractivity contribution in [1.82, 2.24) is 15.1 Å². The molecule has 1 saturated heterocycles. The van der Waals surface area contributed by atoms with Crippen molar-refractivity contribution in [1.29, 1.82) is 0 Å². The number of nitrogens with zero attached hydrogens (tertiary/aromatic N) is 2. The van der Waals surface area contributed by atoms with Gasteiger partial charge in [0.25, 0.3) is 11.8 Å². The Morgan fingerprint density at radius 3 is 2.67 bits per heavy atom. The summed E-state index contributed by atoms with van der Waals surface area (Å²) in [6, 6.07) is 1.41. The Bertz CT molecular complexity index is 769. The Hall–Kier alpha value is -2.42. The predicted octanol–water partition coefficient (Wildman–Crippen LogP) is 1.42. The minimum atomic E-state index is -0.855. The number of hydrogen-bond donors (Lipinski definition) is 1. The van der Waals surface area contributed by atoms with Crippen LogP contribution in [0.2, 0.25) is 0 Å². The lowest BCUT2D eigenvalue weighted by Crippen LogP contribution is -2.44. The largest absolute Gasteiger partial charge is 0.454 e. The Kier molecular flexibility index (Phi) is 5.50. The van der Waals surface area contributed by atoms with E-state index in [9.17, 15) is 19.2 Å². The topological polar surface area (TPSA) is 96.0 Å². The highest BCUT2D eigenvalue weighted by molar-refractivity contribution is 7.10. The molecule has 1 aromatic heterocycles. The first-order valence-electron chi connectivity index (χ1n) is 8.89. The molecule has 0 atom stereocenters. The highest BCUT2D eigenvalue weighted by Gasteiger charge is 2.52. The molecule has 0 aromatic carbocycles. The van der Waals surface area contributed by atoms with Gasteiger partial charge in [0, 0.05) is 11.9 Å². The number of amides is 4. The SMILES string of the molecule is Cc1ccsc1CN(C)C(=O)COC(=O)CN1C(=O)NC2(CCCC2)C1=O. The number of esters is 1. The number of rotatable bonds is 6. The van der Waals surface area contributed by atoms with Crippen LogP contribution in [0, 0.1) is 6.92 Å². The number of carbonyl (C=O) groups excluding carboxylic acids is 4. The fourth-order valence-electron chi connectivity index (χ4n) is 3.43. The van der Waals surface area contributed by atoms with Crippen LogP contribution in [0.25, 0.3) is 0 Å². The van der Waals surface area contributed by atoms with Crippen LogP contribution in [0.15, 0.2) is 11.4 Å². The molecule has 8 nitrogen and oxygen atoms in total. The Morgan fingerprint density at radius 1 is 1.33 bits per heavy atom. The average molecular weight is 393 g/mol. The molecule has 0 bridgehead atoms. The van der Waals surface area contributed by atoms with E-state index in [4.69, 9.17) is 4.74 Å². The Morgan fingerprint density at radius 2 is 2.04 bits per heavy atom. The van der Waals surface area contributed by atoms with Gasteiger partial charge in [0.15, 0.2) is 6.61 Å². The molecule has 27 heavy (non-hydrogen) atoms. The third-order valence-electron chi connectivity index (χ3n) is 5.12. The fourth-order valence-corrected chi connectivity index (χ4v) is 4.39. The number of thiophene rings is 1. The maximum Gasteiger partial charge on any atom is 0.326 e. The van der Waals surface area contributed by atoms with Gasteiger partial charge in [-0.3, -0.25) is 19.3 Å². The fraction of sp³-hybridized carbons (Fsp3) is 0.556. The molecular formula is C18H23N3O5S. The summed E-state index contributed by atoms with van der Waals surface area (Å²) in [7, 11) is 1.64. The molecule has 1 spiro atoms. The van der Waals surface area contributed by atoms with Gasteiger partial charge in [-0.05, 0) is 36.8 Å². The lowest BCUT2D eigenvalue weighted by molar-refractivity contribution is -0.153. The van der Waals surface area contributed by atoms with Crippen molar-refractivity contribution < 1.29 is 23.9 Å². The molecule has 1 N–H and O–H groups in total. The third-order valence-corrected chi connectivity index (χ3v) is 6.13. The molecule has 4 amide bonds. The van der Waals surface area contributed by atoms with Crippen molar-refractivity contribution in [2.45, 2.75) is 44.7 Å². The highest BCUT2D eigenvalue weighted by atomic mass is 32.1. The number of imide groups is 1. The molecule has 1 aliphatic heterocycles. The van der Waals surface area contributed by atoms with E-state index in [1.165, 1.54) is 4.90 Å². The van der Waals surface area contributed by atoms with Crippen molar-refractivity contribution >= 4 is 35.2 Å². The van der Waals surface area contributed by atoms with Gasteiger partial charge in [-0.15, -0.1) is 11.3 Å². The molecule has 0 radical (unpaired) electrons. The molecule has 2 heterocycles. The molecule has 146 valence electrons. The van der Waals surface area contributed by atoms with E-state index < -0.39 is 30.7 Å². The van der Waals surface area contributed by atoms with E-state index >= 15 is 0 Å². The molecule has 0 unspecified atom stereocenters. The maximum atomic E-state index is 12.5. The normalized spacial score (nSPS) is 18.1. The van der Waals surface area contributed by atoms with Crippen molar-refractivity contribution in [3.05, 3.63) is 21.9 Å². The molecule has 1 aromatic rings. The molecule has 1 saturated carbocycles. The van der Waals surface area contributed by atoms with Crippen LogP contribution in [-0.4, -0.2) is 59.4 Å². The summed E-state index contributed by atoms with van der Waals surface area (Å²) in [5, 5.41) is 4.66. The quantitative estimate of drug-likeness (QED) is 0.583. The van der Waals surface area contributed by atoms with Gasteiger partial charge in [0.1, 0.15) is 12.1 Å². The van der Waals surface area contributed by atoms with Crippen LogP contribution in [-0.2, 0) is 25.7 Å². The van der Waals surface area contributed by atoms with Crippen LogP contribution >= 0.6 is 11.3 Å². The first-order valence-corrected chi connectivity index (χ1v) is 9.77. The highest BCUT2D eigenvalue weighted by Crippen LogP contribution is 2.34. The molecule has 2 fully saturated rings. The average Bonchev–Trinajstić information content (AvgIpc) is 3.31. The number of likely N-dealkylation sites (N-methyl/N-ethyl adjacent to an activating group) is 1. The number of hydrogen-bond acceptors (Lipinski definition) is 6. The zero-order valence-electron chi connectivity index (χ0n) is 15.4. The van der Waals surface area contributed by atoms with E-state index in [0.717, 1.165) is 28.2 Å². The summed E-state index contributed by atoms with van der Waals surface area (Å²) in [6.07, 6.45) is 2.92. The second-order valence-corrected chi connectivity index (χ2v) is 8.05. The number of carbonyl (C=O) groups is 4. The number of aryl methyl sites for hydroxylation is 1. The van der Waals surface area contributed by atoms with Crippen molar-refractivity contribution in [3.8, 4) is 0 Å². The molecule has 2 aliphatic rings. The summed E-state index contributed by atoms with van der Waals surface area (Å²) >= 11 is 1.56. The van der Waals surface area contributed by atoms with Crippen LogP contribution in [0.3, 0.4) is 0 Å². The predicted molar refractivity (Wildman–Crippen MR) is 97.9 cm³/mol. The second-order valence-electron chi connectivity index (χ2n) is 7.05. The lowest BCUT2D eigenvalue weighted by Gasteiger charge is -2.20. The minimum Gasteiger partial charge on any atom is -0.454 e. The van der Waals surface area contributed by atoms with E-state index in [0.29, 0.717) is 19.4 Å². The van der Waals surface area contributed by atoms with Gasteiger partial charge < -0.3 is 15.0 Å². The first-order chi connectivity index (χ1) is 12.8. The van der Waals surface area contributed by atoms with Crippen LogP contribution < -0.4 is 5.32 Å². The smallest absolute Gasteiger partial charge is 0.326 e. The van der Waals surface area contributed by atoms with Crippen molar-refractivity contribution in [2.24, 2.45) is 0 Å². The summed E-state index contributed by atoms with van der Waals surface area (Å²) in [5.74, 6) is -1.50. The van der Waals surface area contributed by atoms with Crippen LogP contribution in [0.1, 0.15) is 36.1 Å². The van der Waals surface area contributed by atoms with Crippen LogP contribution in [0.4, 0.5) is 4.79 Å². The third kappa shape index (κ3) is 3.97. The molecule has 1 aliphatic carbocycles. The van der Waals surface area contributed by atoms with Gasteiger partial charge in [0.2, 0.25) is 0 Å². The first kappa shape index (κ1) is 19.3. The van der Waals surface area contributed by atoms with Crippen LogP contribution in [0.5, 0.6) is 0 Å². The standard InChI is InChI=1S/C18H23N3O5S/c1-12-5-8-27-13(12)9-20(2)14(22)11-26-15(23)10-21-16(24)18(19-17(21)25)6-3-4-7-18/h5,8H,3-4,6-7,9-11H2,1-2H3,(H,19,25). The van der Waals surface area contributed by atoms with Gasteiger partial charge in [0.05, 0.1) is 6.54 Å². The van der Waals surface area contributed by atoms with E-state index in [2.05, 4.69) is 5.32 Å². The number of ether oxygens (including phenoxy) is 1. The number of urea groups is 1. The Balaban J connectivity index is 1.48. The summed E-state index contributed by atoms with van der Waals surface area (Å²) in [5.41, 5.74) is 0.252. The second kappa shape index (κ2) is 7.67. The zero-order chi connectivity index (χ0) is 19.6. The van der Waals surface area contributed by atoms with Crippen molar-refractivity contribution in [2.75, 3.05) is 20.2 Å². The Labute approximate surface area is 161 Å². The summed E-state index contributed by atoms with van der Waals surface area (Å²) in [4.78, 5) is 52.2. The number of nitrogens with one attached hydrogen (secondary N) is 1. The minimum absolute atomic E-state index is 0.347.